The summed E-state index contributed by atoms with van der Waals surface area (Å²) in [7, 11) is 0. The van der Waals surface area contributed by atoms with E-state index in [2.05, 4.69) is 24.4 Å². The summed E-state index contributed by atoms with van der Waals surface area (Å²) >= 11 is 0. The van der Waals surface area contributed by atoms with E-state index in [9.17, 15) is 14.4 Å². The first-order valence-electron chi connectivity index (χ1n) is 10.7. The van der Waals surface area contributed by atoms with Crippen LogP contribution in [0, 0.1) is 34.9 Å². The Labute approximate surface area is 170 Å². The predicted molar refractivity (Wildman–Crippen MR) is 110 cm³/mol. The number of rotatable bonds is 4. The number of aryl methyl sites for hydroxylation is 1. The second kappa shape index (κ2) is 6.99. The minimum absolute atomic E-state index is 0.0760. The fraction of sp³-hybridized carbons (Fsp3) is 0.440. The number of fused-ring (bicyclic) bond motifs is 7. The molecule has 4 heteroatoms. The van der Waals surface area contributed by atoms with Crippen molar-refractivity contribution in [1.29, 1.82) is 5.26 Å². The largest absolute Gasteiger partial charge is 0.378 e. The standard InChI is InChI=1S/C25H25FN2O/c1-2-3-14-11-22-20(10-19(14)13-29)23-15-4-5-16(8-15)24(23)25(28-22)17-6-7-21(26)18(9-17)12-27/h6-7,9-11,13,15-16,23-25,28H,2-5,8H2,1H3/t15-,16+,23-,24-,25?/m0/s1. The van der Waals surface area contributed by atoms with E-state index in [-0.39, 0.29) is 11.6 Å². The topological polar surface area (TPSA) is 52.9 Å². The average molecular weight is 388 g/mol. The zero-order chi connectivity index (χ0) is 20.1. The van der Waals surface area contributed by atoms with Crippen molar-refractivity contribution in [3.63, 3.8) is 0 Å². The minimum Gasteiger partial charge on any atom is -0.378 e. The molecule has 3 aliphatic rings. The number of carbonyl (C=O) groups excluding carboxylic acids is 1. The molecule has 2 aromatic carbocycles. The minimum atomic E-state index is -0.460. The third-order valence-electron chi connectivity index (χ3n) is 7.46. The Kier molecular flexibility index (Phi) is 4.42. The molecule has 0 saturated heterocycles. The van der Waals surface area contributed by atoms with E-state index < -0.39 is 5.82 Å². The molecule has 2 fully saturated rings. The molecule has 5 atom stereocenters. The maximum absolute atomic E-state index is 13.9. The summed E-state index contributed by atoms with van der Waals surface area (Å²) in [5, 5.41) is 13.0. The molecular formula is C25H25FN2O. The Hall–Kier alpha value is -2.67. The Morgan fingerprint density at radius 2 is 2.07 bits per heavy atom. The Bertz CT molecular complexity index is 1020. The fourth-order valence-electron chi connectivity index (χ4n) is 6.34. The number of nitriles is 1. The molecule has 0 amide bonds. The number of nitrogens with one attached hydrogen (secondary N) is 1. The Morgan fingerprint density at radius 3 is 2.83 bits per heavy atom. The Morgan fingerprint density at radius 1 is 1.24 bits per heavy atom. The third-order valence-corrected chi connectivity index (χ3v) is 7.46. The molecule has 2 aliphatic carbocycles. The van der Waals surface area contributed by atoms with Crippen LogP contribution in [0.5, 0.6) is 0 Å². The lowest BCUT2D eigenvalue weighted by molar-refractivity contribution is 0.112. The summed E-state index contributed by atoms with van der Waals surface area (Å²) < 4.78 is 13.9. The number of benzene rings is 2. The number of nitrogens with zero attached hydrogens (tertiary/aromatic N) is 1. The lowest BCUT2D eigenvalue weighted by Gasteiger charge is -2.44. The van der Waals surface area contributed by atoms with Crippen molar-refractivity contribution < 1.29 is 9.18 Å². The number of anilines is 1. The lowest BCUT2D eigenvalue weighted by atomic mass is 9.67. The molecule has 0 radical (unpaired) electrons. The molecule has 148 valence electrons. The van der Waals surface area contributed by atoms with Crippen molar-refractivity contribution in [2.45, 2.75) is 51.0 Å². The van der Waals surface area contributed by atoms with Gasteiger partial charge in [-0.15, -0.1) is 0 Å². The number of hydrogen-bond donors (Lipinski definition) is 1. The van der Waals surface area contributed by atoms with Gasteiger partial charge in [-0.25, -0.2) is 4.39 Å². The number of halogens is 1. The van der Waals surface area contributed by atoms with Crippen LogP contribution in [-0.4, -0.2) is 6.29 Å². The predicted octanol–water partition coefficient (Wildman–Crippen LogP) is 5.76. The maximum Gasteiger partial charge on any atom is 0.150 e. The first-order chi connectivity index (χ1) is 14.1. The second-order valence-electron chi connectivity index (χ2n) is 8.92. The van der Waals surface area contributed by atoms with Crippen molar-refractivity contribution in [1.82, 2.24) is 0 Å². The van der Waals surface area contributed by atoms with Crippen molar-refractivity contribution in [2.24, 2.45) is 17.8 Å². The van der Waals surface area contributed by atoms with Gasteiger partial charge in [-0.05, 0) is 90.3 Å². The summed E-state index contributed by atoms with van der Waals surface area (Å²) in [6, 6.07) is 11.3. The van der Waals surface area contributed by atoms with Gasteiger partial charge in [-0.2, -0.15) is 5.26 Å². The summed E-state index contributed by atoms with van der Waals surface area (Å²) in [6.45, 7) is 2.12. The number of carbonyl (C=O) groups is 1. The van der Waals surface area contributed by atoms with E-state index in [4.69, 9.17) is 0 Å². The quantitative estimate of drug-likeness (QED) is 0.678. The molecule has 5 rings (SSSR count). The number of hydrogen-bond acceptors (Lipinski definition) is 3. The van der Waals surface area contributed by atoms with Gasteiger partial charge in [-0.3, -0.25) is 4.79 Å². The highest BCUT2D eigenvalue weighted by atomic mass is 19.1. The lowest BCUT2D eigenvalue weighted by Crippen LogP contribution is -2.35. The van der Waals surface area contributed by atoms with Crippen molar-refractivity contribution in [3.8, 4) is 6.07 Å². The highest BCUT2D eigenvalue weighted by Crippen LogP contribution is 2.63. The Balaban J connectivity index is 1.64. The number of aldehydes is 1. The van der Waals surface area contributed by atoms with Gasteiger partial charge in [0.2, 0.25) is 0 Å². The van der Waals surface area contributed by atoms with Gasteiger partial charge in [0.1, 0.15) is 18.2 Å². The third kappa shape index (κ3) is 2.79. The molecule has 2 saturated carbocycles. The zero-order valence-corrected chi connectivity index (χ0v) is 16.6. The van der Waals surface area contributed by atoms with E-state index in [1.54, 1.807) is 6.07 Å². The van der Waals surface area contributed by atoms with Gasteiger partial charge in [0, 0.05) is 11.3 Å². The van der Waals surface area contributed by atoms with Crippen LogP contribution in [0.2, 0.25) is 0 Å². The molecule has 2 aromatic rings. The molecule has 0 aromatic heterocycles. The van der Waals surface area contributed by atoms with Gasteiger partial charge in [0.25, 0.3) is 0 Å². The van der Waals surface area contributed by atoms with Gasteiger partial charge in [-0.1, -0.05) is 19.4 Å². The van der Waals surface area contributed by atoms with Crippen molar-refractivity contribution >= 4 is 12.0 Å². The molecule has 1 aliphatic heterocycles. The molecule has 0 spiro atoms. The molecule has 1 N–H and O–H groups in total. The van der Waals surface area contributed by atoms with Crippen LogP contribution < -0.4 is 5.32 Å². The summed E-state index contributed by atoms with van der Waals surface area (Å²) in [4.78, 5) is 11.7. The highest BCUT2D eigenvalue weighted by Gasteiger charge is 2.53. The summed E-state index contributed by atoms with van der Waals surface area (Å²) in [6.07, 6.45) is 6.58. The normalized spacial score (nSPS) is 28.9. The van der Waals surface area contributed by atoms with E-state index >= 15 is 0 Å². The van der Waals surface area contributed by atoms with Crippen LogP contribution in [0.4, 0.5) is 10.1 Å². The molecular weight excluding hydrogens is 363 g/mol. The van der Waals surface area contributed by atoms with Gasteiger partial charge in [0.15, 0.2) is 0 Å². The van der Waals surface area contributed by atoms with E-state index in [0.29, 0.717) is 23.7 Å². The SMILES string of the molecule is CCCc1cc2c(cc1C=O)[C@@H]1[C@H]3CC[C@H](C3)[C@@H]1C(c1ccc(F)c(C#N)c1)N2. The van der Waals surface area contributed by atoms with Crippen LogP contribution in [0.15, 0.2) is 30.3 Å². The first kappa shape index (κ1) is 18.4. The summed E-state index contributed by atoms with van der Waals surface area (Å²) in [5.74, 6) is 1.69. The van der Waals surface area contributed by atoms with Crippen LogP contribution in [-0.2, 0) is 6.42 Å². The molecule has 1 unspecified atom stereocenters. The van der Waals surface area contributed by atoms with Crippen LogP contribution in [0.3, 0.4) is 0 Å². The van der Waals surface area contributed by atoms with Crippen LogP contribution >= 0.6 is 0 Å². The highest BCUT2D eigenvalue weighted by molar-refractivity contribution is 5.80. The molecule has 29 heavy (non-hydrogen) atoms. The van der Waals surface area contributed by atoms with Crippen molar-refractivity contribution in [3.05, 3.63) is 64.0 Å². The fourth-order valence-corrected chi connectivity index (χ4v) is 6.34. The van der Waals surface area contributed by atoms with Crippen LogP contribution in [0.25, 0.3) is 0 Å². The summed E-state index contributed by atoms with van der Waals surface area (Å²) in [5.41, 5.74) is 5.40. The van der Waals surface area contributed by atoms with Gasteiger partial charge < -0.3 is 5.32 Å². The monoisotopic (exact) mass is 388 g/mol. The molecule has 1 heterocycles. The maximum atomic E-state index is 13.9. The zero-order valence-electron chi connectivity index (χ0n) is 16.6. The van der Waals surface area contributed by atoms with E-state index in [1.807, 2.05) is 12.1 Å². The molecule has 2 bridgehead atoms. The van der Waals surface area contributed by atoms with Gasteiger partial charge >= 0.3 is 0 Å². The van der Waals surface area contributed by atoms with E-state index in [1.165, 1.54) is 30.9 Å². The first-order valence-corrected chi connectivity index (χ1v) is 10.7. The smallest absolute Gasteiger partial charge is 0.150 e. The van der Waals surface area contributed by atoms with E-state index in [0.717, 1.165) is 41.5 Å². The average Bonchev–Trinajstić information content (AvgIpc) is 3.36. The second-order valence-corrected chi connectivity index (χ2v) is 8.92. The van der Waals surface area contributed by atoms with Crippen molar-refractivity contribution in [2.75, 3.05) is 5.32 Å². The van der Waals surface area contributed by atoms with Gasteiger partial charge in [0.05, 0.1) is 11.6 Å². The van der Waals surface area contributed by atoms with Crippen LogP contribution in [0.1, 0.15) is 77.2 Å². The molecule has 3 nitrogen and oxygen atoms in total.